The van der Waals surface area contributed by atoms with Gasteiger partial charge in [0, 0.05) is 0 Å². The van der Waals surface area contributed by atoms with Gasteiger partial charge in [0.15, 0.2) is 5.69 Å². The maximum Gasteiger partial charge on any atom is 0.359 e. The summed E-state index contributed by atoms with van der Waals surface area (Å²) in [6.07, 6.45) is 4.12. The molecule has 19 heavy (non-hydrogen) atoms. The van der Waals surface area contributed by atoms with E-state index in [-0.39, 0.29) is 11.8 Å². The number of benzene rings is 1. The number of anilines is 1. The highest BCUT2D eigenvalue weighted by Crippen LogP contribution is 2.33. The van der Waals surface area contributed by atoms with Crippen LogP contribution in [0, 0.1) is 0 Å². The van der Waals surface area contributed by atoms with Gasteiger partial charge in [-0.3, -0.25) is 5.10 Å². The Bertz CT molecular complexity index is 606. The number of nitrogens with two attached hydrogens (primary N) is 1. The lowest BCUT2D eigenvalue weighted by Gasteiger charge is -2.25. The van der Waals surface area contributed by atoms with Gasteiger partial charge in [0.1, 0.15) is 6.10 Å². The molecule has 3 rings (SSSR count). The second-order valence-electron chi connectivity index (χ2n) is 4.69. The van der Waals surface area contributed by atoms with Crippen molar-refractivity contribution in [2.24, 2.45) is 0 Å². The summed E-state index contributed by atoms with van der Waals surface area (Å²) < 4.78 is 5.55. The molecule has 0 saturated carbocycles. The Morgan fingerprint density at radius 3 is 3.05 bits per heavy atom. The average Bonchev–Trinajstić information content (AvgIpc) is 2.85. The molecule has 1 atom stereocenters. The zero-order valence-corrected chi connectivity index (χ0v) is 10.4. The minimum atomic E-state index is -0.447. The maximum atomic E-state index is 12.0. The number of H-pyrrole nitrogens is 1. The van der Waals surface area contributed by atoms with E-state index < -0.39 is 5.97 Å². The molecule has 0 aliphatic heterocycles. The van der Waals surface area contributed by atoms with Crippen molar-refractivity contribution >= 4 is 11.7 Å². The Hall–Kier alpha value is -2.30. The molecule has 5 heteroatoms. The van der Waals surface area contributed by atoms with Crippen molar-refractivity contribution in [3.05, 3.63) is 47.3 Å². The van der Waals surface area contributed by atoms with Crippen LogP contribution in [-0.2, 0) is 11.2 Å². The molecule has 98 valence electrons. The van der Waals surface area contributed by atoms with Crippen molar-refractivity contribution in [3.8, 4) is 0 Å². The van der Waals surface area contributed by atoms with E-state index in [2.05, 4.69) is 16.3 Å². The predicted molar refractivity (Wildman–Crippen MR) is 70.5 cm³/mol. The summed E-state index contributed by atoms with van der Waals surface area (Å²) in [6.45, 7) is 0. The number of fused-ring (bicyclic) bond motifs is 1. The number of aromatic nitrogens is 2. The SMILES string of the molecule is Nc1cn[nH]c1C(=O)OC1CCCc2ccccc21. The maximum absolute atomic E-state index is 12.0. The lowest BCUT2D eigenvalue weighted by atomic mass is 9.89. The number of carbonyl (C=O) groups excluding carboxylic acids is 1. The van der Waals surface area contributed by atoms with Crippen LogP contribution in [0.2, 0.25) is 0 Å². The number of aryl methyl sites for hydroxylation is 1. The smallest absolute Gasteiger partial charge is 0.359 e. The van der Waals surface area contributed by atoms with E-state index in [0.717, 1.165) is 24.8 Å². The van der Waals surface area contributed by atoms with Crippen LogP contribution in [0.25, 0.3) is 0 Å². The van der Waals surface area contributed by atoms with E-state index in [1.54, 1.807) is 0 Å². The van der Waals surface area contributed by atoms with Crippen LogP contribution in [0.1, 0.15) is 40.6 Å². The summed E-state index contributed by atoms with van der Waals surface area (Å²) in [6, 6.07) is 8.08. The molecule has 1 aliphatic carbocycles. The normalized spacial score (nSPS) is 17.8. The van der Waals surface area contributed by atoms with Crippen LogP contribution >= 0.6 is 0 Å². The molecule has 0 spiro atoms. The molecule has 2 aromatic rings. The Balaban J connectivity index is 1.82. The lowest BCUT2D eigenvalue weighted by molar-refractivity contribution is 0.0251. The number of ether oxygens (including phenoxy) is 1. The first-order chi connectivity index (χ1) is 9.25. The minimum absolute atomic E-state index is 0.194. The van der Waals surface area contributed by atoms with Crippen LogP contribution in [0.15, 0.2) is 30.5 Å². The fourth-order valence-electron chi connectivity index (χ4n) is 2.48. The van der Waals surface area contributed by atoms with Crippen LogP contribution in [0.3, 0.4) is 0 Å². The summed E-state index contributed by atoms with van der Waals surface area (Å²) in [5, 5.41) is 6.30. The van der Waals surface area contributed by atoms with Gasteiger partial charge >= 0.3 is 5.97 Å². The highest BCUT2D eigenvalue weighted by Gasteiger charge is 2.25. The quantitative estimate of drug-likeness (QED) is 0.808. The molecule has 0 fully saturated rings. The number of esters is 1. The van der Waals surface area contributed by atoms with Gasteiger partial charge in [0.05, 0.1) is 11.9 Å². The van der Waals surface area contributed by atoms with Crippen molar-refractivity contribution in [1.82, 2.24) is 10.2 Å². The standard InChI is InChI=1S/C14H15N3O2/c15-11-8-16-17-13(11)14(18)19-12-7-3-5-9-4-1-2-6-10(9)12/h1-2,4,6,8,12H,3,5,7,15H2,(H,16,17). The number of hydrogen-bond acceptors (Lipinski definition) is 4. The highest BCUT2D eigenvalue weighted by atomic mass is 16.5. The van der Waals surface area contributed by atoms with Crippen molar-refractivity contribution in [3.63, 3.8) is 0 Å². The molecule has 0 saturated heterocycles. The van der Waals surface area contributed by atoms with Gasteiger partial charge < -0.3 is 10.5 Å². The molecular formula is C14H15N3O2. The van der Waals surface area contributed by atoms with Crippen LogP contribution in [0.4, 0.5) is 5.69 Å². The van der Waals surface area contributed by atoms with Crippen molar-refractivity contribution in [2.75, 3.05) is 5.73 Å². The first kappa shape index (κ1) is 11.8. The molecule has 1 unspecified atom stereocenters. The first-order valence-corrected chi connectivity index (χ1v) is 6.33. The third-order valence-corrected chi connectivity index (χ3v) is 3.44. The lowest BCUT2D eigenvalue weighted by Crippen LogP contribution is -2.17. The zero-order chi connectivity index (χ0) is 13.2. The van der Waals surface area contributed by atoms with Gasteiger partial charge in [-0.15, -0.1) is 0 Å². The van der Waals surface area contributed by atoms with Gasteiger partial charge in [-0.05, 0) is 30.4 Å². The van der Waals surface area contributed by atoms with Gasteiger partial charge in [0.25, 0.3) is 0 Å². The number of nitrogens with one attached hydrogen (secondary N) is 1. The predicted octanol–water partition coefficient (Wildman–Crippen LogP) is 2.23. The fourth-order valence-corrected chi connectivity index (χ4v) is 2.48. The van der Waals surface area contributed by atoms with Gasteiger partial charge in [-0.2, -0.15) is 5.10 Å². The molecule has 1 aromatic carbocycles. The van der Waals surface area contributed by atoms with Crippen molar-refractivity contribution in [1.29, 1.82) is 0 Å². The Morgan fingerprint density at radius 2 is 2.26 bits per heavy atom. The molecular weight excluding hydrogens is 242 g/mol. The Kier molecular flexibility index (Phi) is 2.95. The summed E-state index contributed by atoms with van der Waals surface area (Å²) >= 11 is 0. The van der Waals surface area contributed by atoms with Crippen LogP contribution in [0.5, 0.6) is 0 Å². The zero-order valence-electron chi connectivity index (χ0n) is 10.4. The monoisotopic (exact) mass is 257 g/mol. The van der Waals surface area contributed by atoms with E-state index in [1.165, 1.54) is 11.8 Å². The second kappa shape index (κ2) is 4.76. The number of nitrogens with zero attached hydrogens (tertiary/aromatic N) is 1. The van der Waals surface area contributed by atoms with Crippen molar-refractivity contribution in [2.45, 2.75) is 25.4 Å². The van der Waals surface area contributed by atoms with E-state index in [4.69, 9.17) is 10.5 Å². The highest BCUT2D eigenvalue weighted by molar-refractivity contribution is 5.92. The number of nitrogen functional groups attached to an aromatic ring is 1. The van der Waals surface area contributed by atoms with Crippen LogP contribution < -0.4 is 5.73 Å². The van der Waals surface area contributed by atoms with E-state index in [1.807, 2.05) is 18.2 Å². The first-order valence-electron chi connectivity index (χ1n) is 6.33. The molecule has 5 nitrogen and oxygen atoms in total. The van der Waals surface area contributed by atoms with E-state index >= 15 is 0 Å². The topological polar surface area (TPSA) is 81.0 Å². The number of rotatable bonds is 2. The summed E-state index contributed by atoms with van der Waals surface area (Å²) in [5.74, 6) is -0.447. The number of aromatic amines is 1. The van der Waals surface area contributed by atoms with Gasteiger partial charge in [0.2, 0.25) is 0 Å². The number of carbonyl (C=O) groups is 1. The number of hydrogen-bond donors (Lipinski definition) is 2. The summed E-state index contributed by atoms with van der Waals surface area (Å²) in [4.78, 5) is 12.0. The summed E-state index contributed by atoms with van der Waals surface area (Å²) in [5.41, 5.74) is 8.54. The molecule has 1 aromatic heterocycles. The van der Waals surface area contributed by atoms with Gasteiger partial charge in [-0.1, -0.05) is 24.3 Å². The fraction of sp³-hybridized carbons (Fsp3) is 0.286. The van der Waals surface area contributed by atoms with E-state index in [0.29, 0.717) is 5.69 Å². The molecule has 1 aliphatic rings. The summed E-state index contributed by atoms with van der Waals surface area (Å²) in [7, 11) is 0. The second-order valence-corrected chi connectivity index (χ2v) is 4.69. The average molecular weight is 257 g/mol. The molecule has 1 heterocycles. The van der Waals surface area contributed by atoms with Crippen LogP contribution in [-0.4, -0.2) is 16.2 Å². The van der Waals surface area contributed by atoms with E-state index in [9.17, 15) is 4.79 Å². The van der Waals surface area contributed by atoms with Gasteiger partial charge in [-0.25, -0.2) is 4.79 Å². The Labute approximate surface area is 110 Å². The third kappa shape index (κ3) is 2.19. The van der Waals surface area contributed by atoms with Crippen molar-refractivity contribution < 1.29 is 9.53 Å². The molecule has 0 amide bonds. The third-order valence-electron chi connectivity index (χ3n) is 3.44. The molecule has 0 bridgehead atoms. The molecule has 0 radical (unpaired) electrons. The minimum Gasteiger partial charge on any atom is -0.453 e. The largest absolute Gasteiger partial charge is 0.453 e. The molecule has 3 N–H and O–H groups in total. The Morgan fingerprint density at radius 1 is 1.42 bits per heavy atom.